The summed E-state index contributed by atoms with van der Waals surface area (Å²) in [7, 11) is 0. The molecule has 3 N–H and O–H groups in total. The van der Waals surface area contributed by atoms with Crippen LogP contribution in [-0.2, 0) is 4.79 Å². The smallest absolute Gasteiger partial charge is 0.335 e. The van der Waals surface area contributed by atoms with E-state index in [4.69, 9.17) is 5.11 Å². The Morgan fingerprint density at radius 2 is 1.47 bits per heavy atom. The van der Waals surface area contributed by atoms with E-state index in [0.717, 1.165) is 5.56 Å². The van der Waals surface area contributed by atoms with Crippen LogP contribution < -0.4 is 0 Å². The third kappa shape index (κ3) is 2.81. The SMILES string of the molecule is O=C(O)C(O)C(O)c1ccccc1-c1ccccc1. The van der Waals surface area contributed by atoms with E-state index < -0.39 is 18.2 Å². The summed E-state index contributed by atoms with van der Waals surface area (Å²) in [6, 6.07) is 16.2. The molecule has 0 aromatic heterocycles. The summed E-state index contributed by atoms with van der Waals surface area (Å²) in [6.07, 6.45) is -3.31. The van der Waals surface area contributed by atoms with Gasteiger partial charge in [-0.15, -0.1) is 0 Å². The molecule has 98 valence electrons. The molecule has 0 heterocycles. The Morgan fingerprint density at radius 1 is 0.895 bits per heavy atom. The van der Waals surface area contributed by atoms with Crippen LogP contribution in [0.5, 0.6) is 0 Å². The first kappa shape index (κ1) is 13.3. The van der Waals surface area contributed by atoms with Gasteiger partial charge in [-0.3, -0.25) is 0 Å². The first-order chi connectivity index (χ1) is 9.11. The van der Waals surface area contributed by atoms with Crippen molar-refractivity contribution < 1.29 is 20.1 Å². The van der Waals surface area contributed by atoms with Crippen LogP contribution in [0.2, 0.25) is 0 Å². The quantitative estimate of drug-likeness (QED) is 0.782. The van der Waals surface area contributed by atoms with Crippen LogP contribution in [0.4, 0.5) is 0 Å². The Hall–Kier alpha value is -2.17. The van der Waals surface area contributed by atoms with Gasteiger partial charge in [0.05, 0.1) is 0 Å². The Balaban J connectivity index is 2.45. The fourth-order valence-electron chi connectivity index (χ4n) is 1.94. The van der Waals surface area contributed by atoms with Crippen molar-refractivity contribution in [1.29, 1.82) is 0 Å². The van der Waals surface area contributed by atoms with Gasteiger partial charge < -0.3 is 15.3 Å². The molecule has 0 aliphatic carbocycles. The van der Waals surface area contributed by atoms with E-state index in [9.17, 15) is 15.0 Å². The standard InChI is InChI=1S/C15H14O4/c16-13(14(17)15(18)19)12-9-5-4-8-11(12)10-6-2-1-3-7-10/h1-9,13-14,16-17H,(H,18,19). The maximum atomic E-state index is 10.8. The van der Waals surface area contributed by atoms with Gasteiger partial charge in [0.25, 0.3) is 0 Å². The van der Waals surface area contributed by atoms with Gasteiger partial charge in [0.15, 0.2) is 6.10 Å². The molecule has 2 rings (SSSR count). The minimum Gasteiger partial charge on any atom is -0.479 e. The molecule has 0 aliphatic heterocycles. The maximum Gasteiger partial charge on any atom is 0.335 e. The number of benzene rings is 2. The number of aliphatic hydroxyl groups is 2. The highest BCUT2D eigenvalue weighted by Crippen LogP contribution is 2.29. The van der Waals surface area contributed by atoms with Crippen molar-refractivity contribution in [1.82, 2.24) is 0 Å². The molecule has 0 fully saturated rings. The highest BCUT2D eigenvalue weighted by molar-refractivity contribution is 5.75. The second-order valence-electron chi connectivity index (χ2n) is 4.18. The summed E-state index contributed by atoms with van der Waals surface area (Å²) >= 11 is 0. The highest BCUT2D eigenvalue weighted by Gasteiger charge is 2.26. The number of aliphatic carboxylic acids is 1. The van der Waals surface area contributed by atoms with Gasteiger partial charge >= 0.3 is 5.97 Å². The van der Waals surface area contributed by atoms with E-state index in [-0.39, 0.29) is 0 Å². The van der Waals surface area contributed by atoms with Crippen molar-refractivity contribution in [3.05, 3.63) is 60.2 Å². The average Bonchev–Trinajstić information content (AvgIpc) is 2.46. The third-order valence-corrected chi connectivity index (χ3v) is 2.92. The number of carboxylic acids is 1. The largest absolute Gasteiger partial charge is 0.479 e. The Morgan fingerprint density at radius 3 is 2.11 bits per heavy atom. The summed E-state index contributed by atoms with van der Waals surface area (Å²) in [4.78, 5) is 10.8. The summed E-state index contributed by atoms with van der Waals surface area (Å²) in [5.41, 5.74) is 1.95. The molecule has 0 saturated carbocycles. The average molecular weight is 258 g/mol. The van der Waals surface area contributed by atoms with Crippen molar-refractivity contribution in [3.63, 3.8) is 0 Å². The molecule has 0 bridgehead atoms. The number of hydrogen-bond acceptors (Lipinski definition) is 3. The number of carbonyl (C=O) groups is 1. The van der Waals surface area contributed by atoms with Gasteiger partial charge in [0.2, 0.25) is 0 Å². The molecule has 0 spiro atoms. The van der Waals surface area contributed by atoms with Crippen LogP contribution >= 0.6 is 0 Å². The lowest BCUT2D eigenvalue weighted by molar-refractivity contribution is -0.153. The van der Waals surface area contributed by atoms with Gasteiger partial charge in [-0.25, -0.2) is 4.79 Å². The van der Waals surface area contributed by atoms with Crippen molar-refractivity contribution >= 4 is 5.97 Å². The van der Waals surface area contributed by atoms with Crippen LogP contribution in [0.15, 0.2) is 54.6 Å². The second kappa shape index (κ2) is 5.65. The predicted molar refractivity (Wildman–Crippen MR) is 70.5 cm³/mol. The molecule has 4 nitrogen and oxygen atoms in total. The minimum absolute atomic E-state index is 0.392. The van der Waals surface area contributed by atoms with Crippen LogP contribution in [0.3, 0.4) is 0 Å². The highest BCUT2D eigenvalue weighted by atomic mass is 16.4. The zero-order chi connectivity index (χ0) is 13.8. The normalized spacial score (nSPS) is 13.8. The summed E-state index contributed by atoms with van der Waals surface area (Å²) < 4.78 is 0. The Kier molecular flexibility index (Phi) is 3.94. The van der Waals surface area contributed by atoms with Crippen LogP contribution in [0, 0.1) is 0 Å². The third-order valence-electron chi connectivity index (χ3n) is 2.92. The van der Waals surface area contributed by atoms with Crippen molar-refractivity contribution in [2.24, 2.45) is 0 Å². The minimum atomic E-state index is -1.84. The van der Waals surface area contributed by atoms with Crippen LogP contribution in [0.25, 0.3) is 11.1 Å². The van der Waals surface area contributed by atoms with Crippen LogP contribution in [0.1, 0.15) is 11.7 Å². The number of carboxylic acid groups (broad SMARTS) is 1. The van der Waals surface area contributed by atoms with E-state index in [2.05, 4.69) is 0 Å². The van der Waals surface area contributed by atoms with Gasteiger partial charge in [-0.2, -0.15) is 0 Å². The number of aliphatic hydroxyl groups excluding tert-OH is 2. The molecule has 0 amide bonds. The monoisotopic (exact) mass is 258 g/mol. The topological polar surface area (TPSA) is 77.8 Å². The lowest BCUT2D eigenvalue weighted by Gasteiger charge is -2.18. The fourth-order valence-corrected chi connectivity index (χ4v) is 1.94. The zero-order valence-electron chi connectivity index (χ0n) is 10.1. The zero-order valence-corrected chi connectivity index (χ0v) is 10.1. The van der Waals surface area contributed by atoms with E-state index in [0.29, 0.717) is 11.1 Å². The first-order valence-corrected chi connectivity index (χ1v) is 5.84. The van der Waals surface area contributed by atoms with Crippen LogP contribution in [-0.4, -0.2) is 27.4 Å². The molecular formula is C15H14O4. The fraction of sp³-hybridized carbons (Fsp3) is 0.133. The molecular weight excluding hydrogens is 244 g/mol. The number of hydrogen-bond donors (Lipinski definition) is 3. The van der Waals surface area contributed by atoms with Gasteiger partial charge in [-0.1, -0.05) is 54.6 Å². The van der Waals surface area contributed by atoms with Gasteiger partial charge in [0, 0.05) is 0 Å². The van der Waals surface area contributed by atoms with E-state index in [1.165, 1.54) is 0 Å². The van der Waals surface area contributed by atoms with Crippen molar-refractivity contribution in [2.45, 2.75) is 12.2 Å². The van der Waals surface area contributed by atoms with Gasteiger partial charge in [0.1, 0.15) is 6.10 Å². The Bertz CT molecular complexity index is 565. The van der Waals surface area contributed by atoms with E-state index in [1.807, 2.05) is 30.3 Å². The van der Waals surface area contributed by atoms with Gasteiger partial charge in [-0.05, 0) is 16.7 Å². The summed E-state index contributed by atoms with van der Waals surface area (Å²) in [5.74, 6) is -1.45. The maximum absolute atomic E-state index is 10.8. The molecule has 2 aromatic rings. The molecule has 2 unspecified atom stereocenters. The first-order valence-electron chi connectivity index (χ1n) is 5.84. The molecule has 2 atom stereocenters. The molecule has 0 saturated heterocycles. The molecule has 4 heteroatoms. The lowest BCUT2D eigenvalue weighted by atomic mass is 9.94. The summed E-state index contributed by atoms with van der Waals surface area (Å²) in [6.45, 7) is 0. The summed E-state index contributed by atoms with van der Waals surface area (Å²) in [5, 5.41) is 28.2. The molecule has 0 radical (unpaired) electrons. The molecule has 0 aliphatic rings. The second-order valence-corrected chi connectivity index (χ2v) is 4.18. The lowest BCUT2D eigenvalue weighted by Crippen LogP contribution is -2.27. The van der Waals surface area contributed by atoms with Crippen molar-refractivity contribution in [2.75, 3.05) is 0 Å². The predicted octanol–water partition coefficient (Wildman–Crippen LogP) is 1.83. The number of rotatable bonds is 4. The van der Waals surface area contributed by atoms with Crippen molar-refractivity contribution in [3.8, 4) is 11.1 Å². The van der Waals surface area contributed by atoms with E-state index >= 15 is 0 Å². The molecule has 2 aromatic carbocycles. The molecule has 19 heavy (non-hydrogen) atoms. The Labute approximate surface area is 110 Å². The van der Waals surface area contributed by atoms with E-state index in [1.54, 1.807) is 24.3 Å².